The van der Waals surface area contributed by atoms with Crippen LogP contribution in [0.3, 0.4) is 0 Å². The Labute approximate surface area is 166 Å². The van der Waals surface area contributed by atoms with Crippen molar-refractivity contribution >= 4 is 11.6 Å². The normalized spacial score (nSPS) is 16.8. The van der Waals surface area contributed by atoms with Crippen molar-refractivity contribution in [2.75, 3.05) is 25.1 Å². The minimum atomic E-state index is -4.42. The van der Waals surface area contributed by atoms with Gasteiger partial charge in [-0.05, 0) is 54.7 Å². The van der Waals surface area contributed by atoms with Gasteiger partial charge in [0.1, 0.15) is 13.2 Å². The Kier molecular flexibility index (Phi) is 5.25. The fourth-order valence-electron chi connectivity index (χ4n) is 3.37. The van der Waals surface area contributed by atoms with Gasteiger partial charge >= 0.3 is 6.18 Å². The van der Waals surface area contributed by atoms with Crippen LogP contribution in [0.25, 0.3) is 0 Å². The molecule has 8 heteroatoms. The lowest BCUT2D eigenvalue weighted by atomic mass is 10.0. The summed E-state index contributed by atoms with van der Waals surface area (Å²) in [6.45, 7) is 0.878. The van der Waals surface area contributed by atoms with Crippen LogP contribution in [0.2, 0.25) is 0 Å². The van der Waals surface area contributed by atoms with E-state index in [1.165, 1.54) is 12.1 Å². The minimum Gasteiger partial charge on any atom is -0.486 e. The van der Waals surface area contributed by atoms with E-state index in [-0.39, 0.29) is 24.2 Å². The van der Waals surface area contributed by atoms with E-state index in [0.717, 1.165) is 30.5 Å². The van der Waals surface area contributed by atoms with Crippen LogP contribution in [0.5, 0.6) is 11.5 Å². The third-order valence-corrected chi connectivity index (χ3v) is 4.98. The van der Waals surface area contributed by atoms with E-state index < -0.39 is 11.7 Å². The summed E-state index contributed by atoms with van der Waals surface area (Å²) in [6, 6.07) is 10.3. The van der Waals surface area contributed by atoms with Crippen LogP contribution in [-0.2, 0) is 11.0 Å². The Morgan fingerprint density at radius 1 is 1.07 bits per heavy atom. The molecule has 1 atom stereocenters. The maximum atomic E-state index is 12.8. The summed E-state index contributed by atoms with van der Waals surface area (Å²) in [4.78, 5) is 12.5. The van der Waals surface area contributed by atoms with Crippen LogP contribution in [0.4, 0.5) is 18.9 Å². The number of anilines is 1. The van der Waals surface area contributed by atoms with E-state index in [1.54, 1.807) is 0 Å². The van der Waals surface area contributed by atoms with Gasteiger partial charge in [0, 0.05) is 5.69 Å². The molecular weight excluding hydrogens is 385 g/mol. The Hall–Kier alpha value is -2.90. The lowest BCUT2D eigenvalue weighted by molar-refractivity contribution is -0.137. The van der Waals surface area contributed by atoms with Gasteiger partial charge in [-0.3, -0.25) is 4.79 Å². The molecule has 2 N–H and O–H groups in total. The van der Waals surface area contributed by atoms with Crippen molar-refractivity contribution in [1.82, 2.24) is 5.32 Å². The molecule has 1 unspecified atom stereocenters. The number of ether oxygens (including phenoxy) is 2. The molecule has 154 valence electrons. The molecule has 1 heterocycles. The molecule has 1 saturated carbocycles. The summed E-state index contributed by atoms with van der Waals surface area (Å²) in [5, 5.41) is 5.76. The molecule has 0 saturated heterocycles. The molecule has 1 aliphatic carbocycles. The van der Waals surface area contributed by atoms with Crippen LogP contribution in [0.1, 0.15) is 30.0 Å². The Morgan fingerprint density at radius 3 is 2.55 bits per heavy atom. The minimum absolute atomic E-state index is 0.116. The van der Waals surface area contributed by atoms with Crippen molar-refractivity contribution in [1.29, 1.82) is 0 Å². The second-order valence-corrected chi connectivity index (χ2v) is 7.22. The number of halogens is 3. The molecule has 2 aliphatic rings. The van der Waals surface area contributed by atoms with Crippen molar-refractivity contribution in [3.05, 3.63) is 53.6 Å². The van der Waals surface area contributed by atoms with Gasteiger partial charge in [0.2, 0.25) is 5.91 Å². The highest BCUT2D eigenvalue weighted by atomic mass is 19.4. The molecule has 0 radical (unpaired) electrons. The van der Waals surface area contributed by atoms with E-state index in [2.05, 4.69) is 10.6 Å². The largest absolute Gasteiger partial charge is 0.486 e. The molecule has 0 aromatic heterocycles. The van der Waals surface area contributed by atoms with Gasteiger partial charge in [-0.15, -0.1) is 0 Å². The molecule has 1 aliphatic heterocycles. The summed E-state index contributed by atoms with van der Waals surface area (Å²) < 4.78 is 49.6. The second kappa shape index (κ2) is 7.85. The number of alkyl halides is 3. The maximum Gasteiger partial charge on any atom is 0.416 e. The van der Waals surface area contributed by atoms with E-state index in [0.29, 0.717) is 30.6 Å². The average Bonchev–Trinajstić information content (AvgIpc) is 3.55. The first-order chi connectivity index (χ1) is 13.9. The van der Waals surface area contributed by atoms with Crippen LogP contribution in [0.15, 0.2) is 42.5 Å². The zero-order valence-corrected chi connectivity index (χ0v) is 15.6. The monoisotopic (exact) mass is 406 g/mol. The topological polar surface area (TPSA) is 59.6 Å². The molecule has 2 aromatic rings. The van der Waals surface area contributed by atoms with Crippen molar-refractivity contribution < 1.29 is 27.4 Å². The Bertz CT molecular complexity index is 897. The molecular formula is C21H21F3N2O3. The molecule has 2 aromatic carbocycles. The molecule has 1 fully saturated rings. The zero-order valence-electron chi connectivity index (χ0n) is 15.6. The van der Waals surface area contributed by atoms with Crippen LogP contribution >= 0.6 is 0 Å². The van der Waals surface area contributed by atoms with E-state index in [4.69, 9.17) is 9.47 Å². The van der Waals surface area contributed by atoms with Crippen LogP contribution < -0.4 is 20.1 Å². The third-order valence-electron chi connectivity index (χ3n) is 4.98. The van der Waals surface area contributed by atoms with E-state index in [1.807, 2.05) is 18.2 Å². The Morgan fingerprint density at radius 2 is 1.83 bits per heavy atom. The standard InChI is InChI=1S/C21H21F3N2O3/c22-21(23,24)15-2-1-3-16(11-15)25-12-19(27)26-20(13-4-5-13)14-6-7-17-18(10-14)29-9-8-28-17/h1-3,6-7,10-11,13,20,25H,4-5,8-9,12H2,(H,26,27). The Balaban J connectivity index is 1.40. The summed E-state index contributed by atoms with van der Waals surface area (Å²) in [5.41, 5.74) is 0.427. The first kappa shape index (κ1) is 19.4. The number of fused-ring (bicyclic) bond motifs is 1. The molecule has 5 nitrogen and oxygen atoms in total. The fraction of sp³-hybridized carbons (Fsp3) is 0.381. The number of nitrogens with one attached hydrogen (secondary N) is 2. The molecule has 29 heavy (non-hydrogen) atoms. The number of carbonyl (C=O) groups is 1. The number of rotatable bonds is 6. The van der Waals surface area contributed by atoms with Gasteiger partial charge < -0.3 is 20.1 Å². The van der Waals surface area contributed by atoms with E-state index in [9.17, 15) is 18.0 Å². The highest BCUT2D eigenvalue weighted by Gasteiger charge is 2.34. The quantitative estimate of drug-likeness (QED) is 0.757. The first-order valence-corrected chi connectivity index (χ1v) is 9.50. The summed E-state index contributed by atoms with van der Waals surface area (Å²) >= 11 is 0. The van der Waals surface area contributed by atoms with Gasteiger partial charge in [0.15, 0.2) is 11.5 Å². The predicted octanol–water partition coefficient (Wildman–Crippen LogP) is 4.16. The van der Waals surface area contributed by atoms with Gasteiger partial charge in [0.25, 0.3) is 0 Å². The molecule has 4 rings (SSSR count). The lowest BCUT2D eigenvalue weighted by Crippen LogP contribution is -2.34. The van der Waals surface area contributed by atoms with Gasteiger partial charge in [-0.25, -0.2) is 0 Å². The smallest absolute Gasteiger partial charge is 0.416 e. The summed E-state index contributed by atoms with van der Waals surface area (Å²) in [7, 11) is 0. The number of hydrogen-bond donors (Lipinski definition) is 2. The van der Waals surface area contributed by atoms with Crippen molar-refractivity contribution in [3.8, 4) is 11.5 Å². The first-order valence-electron chi connectivity index (χ1n) is 9.50. The SMILES string of the molecule is O=C(CNc1cccc(C(F)(F)F)c1)NC(c1ccc2c(c1)OCCO2)C1CC1. The van der Waals surface area contributed by atoms with Gasteiger partial charge in [0.05, 0.1) is 18.2 Å². The second-order valence-electron chi connectivity index (χ2n) is 7.22. The lowest BCUT2D eigenvalue weighted by Gasteiger charge is -2.23. The number of amides is 1. The zero-order chi connectivity index (χ0) is 20.4. The average molecular weight is 406 g/mol. The van der Waals surface area contributed by atoms with Gasteiger partial charge in [-0.2, -0.15) is 13.2 Å². The van der Waals surface area contributed by atoms with Crippen molar-refractivity contribution in [3.63, 3.8) is 0 Å². The molecule has 0 spiro atoms. The van der Waals surface area contributed by atoms with Crippen LogP contribution in [0, 0.1) is 5.92 Å². The number of benzene rings is 2. The highest BCUT2D eigenvalue weighted by molar-refractivity contribution is 5.81. The third kappa shape index (κ3) is 4.75. The van der Waals surface area contributed by atoms with Crippen molar-refractivity contribution in [2.24, 2.45) is 5.92 Å². The highest BCUT2D eigenvalue weighted by Crippen LogP contribution is 2.43. The predicted molar refractivity (Wildman–Crippen MR) is 101 cm³/mol. The van der Waals surface area contributed by atoms with Gasteiger partial charge in [-0.1, -0.05) is 12.1 Å². The van der Waals surface area contributed by atoms with E-state index >= 15 is 0 Å². The number of carbonyl (C=O) groups excluding carboxylic acids is 1. The maximum absolute atomic E-state index is 12.8. The molecule has 1 amide bonds. The summed E-state index contributed by atoms with van der Waals surface area (Å²) in [6.07, 6.45) is -2.39. The number of hydrogen-bond acceptors (Lipinski definition) is 4. The van der Waals surface area contributed by atoms with Crippen LogP contribution in [-0.4, -0.2) is 25.7 Å². The fourth-order valence-corrected chi connectivity index (χ4v) is 3.37. The molecule has 0 bridgehead atoms. The summed E-state index contributed by atoms with van der Waals surface area (Å²) in [5.74, 6) is 1.41. The van der Waals surface area contributed by atoms with Crippen molar-refractivity contribution in [2.45, 2.75) is 25.1 Å².